The average Bonchev–Trinajstić information content (AvgIpc) is 2.67. The summed E-state index contributed by atoms with van der Waals surface area (Å²) in [5.74, 6) is -0.285. The summed E-state index contributed by atoms with van der Waals surface area (Å²) in [5, 5.41) is 8.95. The van der Waals surface area contributed by atoms with Crippen LogP contribution >= 0.6 is 0 Å². The molecule has 1 aliphatic rings. The molecule has 5 nitrogen and oxygen atoms in total. The van der Waals surface area contributed by atoms with Gasteiger partial charge in [-0.25, -0.2) is 14.8 Å². The second kappa shape index (κ2) is 3.61. The summed E-state index contributed by atoms with van der Waals surface area (Å²) >= 11 is 0. The van der Waals surface area contributed by atoms with E-state index in [9.17, 15) is 4.79 Å². The van der Waals surface area contributed by atoms with E-state index in [0.717, 1.165) is 13.0 Å². The molecular formula is C9H11N3O2. The zero-order valence-electron chi connectivity index (χ0n) is 7.63. The van der Waals surface area contributed by atoms with Gasteiger partial charge in [0.1, 0.15) is 6.04 Å². The minimum Gasteiger partial charge on any atom is -0.480 e. The van der Waals surface area contributed by atoms with E-state index in [1.807, 2.05) is 0 Å². The van der Waals surface area contributed by atoms with Crippen molar-refractivity contribution in [2.45, 2.75) is 18.9 Å². The Bertz CT molecular complexity index is 328. The first-order chi connectivity index (χ1) is 6.79. The molecule has 1 aliphatic heterocycles. The molecule has 0 aliphatic carbocycles. The molecule has 1 aromatic rings. The van der Waals surface area contributed by atoms with E-state index in [4.69, 9.17) is 5.11 Å². The van der Waals surface area contributed by atoms with Crippen molar-refractivity contribution in [2.75, 3.05) is 11.4 Å². The van der Waals surface area contributed by atoms with Gasteiger partial charge in [0.05, 0.1) is 0 Å². The van der Waals surface area contributed by atoms with Gasteiger partial charge in [-0.2, -0.15) is 0 Å². The van der Waals surface area contributed by atoms with Crippen LogP contribution in [0.5, 0.6) is 0 Å². The third-order valence-corrected chi connectivity index (χ3v) is 2.35. The summed E-state index contributed by atoms with van der Waals surface area (Å²) in [7, 11) is 0. The minimum atomic E-state index is -0.796. The van der Waals surface area contributed by atoms with Crippen molar-refractivity contribution >= 4 is 11.9 Å². The second-order valence-electron chi connectivity index (χ2n) is 3.24. The number of carboxylic acids is 1. The van der Waals surface area contributed by atoms with Gasteiger partial charge in [0.2, 0.25) is 5.95 Å². The highest BCUT2D eigenvalue weighted by Crippen LogP contribution is 2.21. The zero-order chi connectivity index (χ0) is 9.97. The van der Waals surface area contributed by atoms with Gasteiger partial charge < -0.3 is 10.0 Å². The van der Waals surface area contributed by atoms with Gasteiger partial charge >= 0.3 is 5.97 Å². The highest BCUT2D eigenvalue weighted by atomic mass is 16.4. The summed E-state index contributed by atoms with van der Waals surface area (Å²) < 4.78 is 0. The van der Waals surface area contributed by atoms with Crippen molar-refractivity contribution in [1.82, 2.24) is 9.97 Å². The fraction of sp³-hybridized carbons (Fsp3) is 0.444. The van der Waals surface area contributed by atoms with E-state index in [1.165, 1.54) is 0 Å². The van der Waals surface area contributed by atoms with Crippen LogP contribution in [0, 0.1) is 0 Å². The Morgan fingerprint density at radius 2 is 2.21 bits per heavy atom. The first-order valence-electron chi connectivity index (χ1n) is 4.55. The van der Waals surface area contributed by atoms with E-state index in [1.54, 1.807) is 23.4 Å². The molecule has 1 fully saturated rings. The SMILES string of the molecule is O=C(O)[C@@H]1CCCN1c1ncccn1. The maximum atomic E-state index is 10.9. The largest absolute Gasteiger partial charge is 0.480 e. The van der Waals surface area contributed by atoms with E-state index in [2.05, 4.69) is 9.97 Å². The number of aliphatic carboxylic acids is 1. The molecule has 5 heteroatoms. The lowest BCUT2D eigenvalue weighted by Crippen LogP contribution is -2.36. The molecule has 1 N–H and O–H groups in total. The number of hydrogen-bond acceptors (Lipinski definition) is 4. The van der Waals surface area contributed by atoms with Crippen molar-refractivity contribution in [1.29, 1.82) is 0 Å². The normalized spacial score (nSPS) is 21.1. The van der Waals surface area contributed by atoms with Crippen LogP contribution in [0.15, 0.2) is 18.5 Å². The fourth-order valence-electron chi connectivity index (χ4n) is 1.70. The molecule has 2 heterocycles. The number of carbonyl (C=O) groups is 1. The molecule has 0 bridgehead atoms. The Hall–Kier alpha value is -1.65. The highest BCUT2D eigenvalue weighted by Gasteiger charge is 2.31. The lowest BCUT2D eigenvalue weighted by atomic mass is 10.2. The molecule has 0 amide bonds. The van der Waals surface area contributed by atoms with Crippen LogP contribution in [-0.4, -0.2) is 33.6 Å². The molecule has 1 atom stereocenters. The van der Waals surface area contributed by atoms with Gasteiger partial charge in [-0.15, -0.1) is 0 Å². The van der Waals surface area contributed by atoms with Crippen molar-refractivity contribution in [2.24, 2.45) is 0 Å². The van der Waals surface area contributed by atoms with Gasteiger partial charge in [-0.3, -0.25) is 0 Å². The Balaban J connectivity index is 2.22. The van der Waals surface area contributed by atoms with Crippen LogP contribution in [-0.2, 0) is 4.79 Å². The maximum absolute atomic E-state index is 10.9. The lowest BCUT2D eigenvalue weighted by molar-refractivity contribution is -0.138. The molecule has 2 rings (SSSR count). The standard InChI is InChI=1S/C9H11N3O2/c13-8(14)7-3-1-6-12(7)9-10-4-2-5-11-9/h2,4-5,7H,1,3,6H2,(H,13,14)/t7-/m0/s1. The smallest absolute Gasteiger partial charge is 0.326 e. The maximum Gasteiger partial charge on any atom is 0.326 e. The molecule has 1 aromatic heterocycles. The Labute approximate surface area is 81.4 Å². The highest BCUT2D eigenvalue weighted by molar-refractivity contribution is 5.77. The van der Waals surface area contributed by atoms with Crippen molar-refractivity contribution < 1.29 is 9.90 Å². The van der Waals surface area contributed by atoms with Crippen LogP contribution in [0.1, 0.15) is 12.8 Å². The van der Waals surface area contributed by atoms with Crippen LogP contribution in [0.4, 0.5) is 5.95 Å². The summed E-state index contributed by atoms with van der Waals surface area (Å²) in [5.41, 5.74) is 0. The number of nitrogens with zero attached hydrogens (tertiary/aromatic N) is 3. The zero-order valence-corrected chi connectivity index (χ0v) is 7.63. The summed E-state index contributed by atoms with van der Waals surface area (Å²) in [6.45, 7) is 0.723. The van der Waals surface area contributed by atoms with E-state index >= 15 is 0 Å². The first-order valence-corrected chi connectivity index (χ1v) is 4.55. The Morgan fingerprint density at radius 3 is 2.86 bits per heavy atom. The predicted octanol–water partition coefficient (Wildman–Crippen LogP) is 0.530. The van der Waals surface area contributed by atoms with Gasteiger partial charge in [0.25, 0.3) is 0 Å². The van der Waals surface area contributed by atoms with Crippen LogP contribution < -0.4 is 4.90 Å². The van der Waals surface area contributed by atoms with E-state index in [-0.39, 0.29) is 0 Å². The lowest BCUT2D eigenvalue weighted by Gasteiger charge is -2.20. The Kier molecular flexibility index (Phi) is 2.30. The number of anilines is 1. The average molecular weight is 193 g/mol. The summed E-state index contributed by atoms with van der Waals surface area (Å²) in [6.07, 6.45) is 4.81. The molecule has 74 valence electrons. The first kappa shape index (κ1) is 8.93. The number of carboxylic acid groups (broad SMARTS) is 1. The molecule has 0 aromatic carbocycles. The van der Waals surface area contributed by atoms with Crippen molar-refractivity contribution in [3.05, 3.63) is 18.5 Å². The third-order valence-electron chi connectivity index (χ3n) is 2.35. The summed E-state index contributed by atoms with van der Waals surface area (Å²) in [6, 6.07) is 1.26. The number of hydrogen-bond donors (Lipinski definition) is 1. The number of aromatic nitrogens is 2. The van der Waals surface area contributed by atoms with E-state index < -0.39 is 12.0 Å². The van der Waals surface area contributed by atoms with Gasteiger partial charge in [-0.1, -0.05) is 0 Å². The second-order valence-corrected chi connectivity index (χ2v) is 3.24. The Morgan fingerprint density at radius 1 is 1.50 bits per heavy atom. The molecule has 1 saturated heterocycles. The summed E-state index contributed by atoms with van der Waals surface area (Å²) in [4.78, 5) is 20.7. The monoisotopic (exact) mass is 193 g/mol. The third kappa shape index (κ3) is 1.53. The minimum absolute atomic E-state index is 0.461. The molecular weight excluding hydrogens is 182 g/mol. The van der Waals surface area contributed by atoms with Gasteiger partial charge in [-0.05, 0) is 18.9 Å². The molecule has 14 heavy (non-hydrogen) atoms. The van der Waals surface area contributed by atoms with E-state index in [0.29, 0.717) is 12.4 Å². The van der Waals surface area contributed by atoms with Crippen molar-refractivity contribution in [3.8, 4) is 0 Å². The van der Waals surface area contributed by atoms with Crippen molar-refractivity contribution in [3.63, 3.8) is 0 Å². The molecule has 0 radical (unpaired) electrons. The van der Waals surface area contributed by atoms with Gasteiger partial charge in [0, 0.05) is 18.9 Å². The van der Waals surface area contributed by atoms with Crippen LogP contribution in [0.2, 0.25) is 0 Å². The molecule has 0 spiro atoms. The fourth-order valence-corrected chi connectivity index (χ4v) is 1.70. The topological polar surface area (TPSA) is 66.3 Å². The predicted molar refractivity (Wildman–Crippen MR) is 50.0 cm³/mol. The van der Waals surface area contributed by atoms with Gasteiger partial charge in [0.15, 0.2) is 0 Å². The number of rotatable bonds is 2. The van der Waals surface area contributed by atoms with Crippen LogP contribution in [0.3, 0.4) is 0 Å². The quantitative estimate of drug-likeness (QED) is 0.742. The van der Waals surface area contributed by atoms with Crippen LogP contribution in [0.25, 0.3) is 0 Å². The molecule has 0 saturated carbocycles. The molecule has 0 unspecified atom stereocenters.